The molecule has 0 aliphatic heterocycles. The molecule has 3 aromatic rings. The molecule has 0 aliphatic rings. The molecule has 0 bridgehead atoms. The van der Waals surface area contributed by atoms with E-state index in [0.29, 0.717) is 11.3 Å². The number of benzene rings is 3. The molecule has 10 heteroatoms. The number of ether oxygens (including phenoxy) is 2. The zero-order valence-electron chi connectivity index (χ0n) is 18.1. The van der Waals surface area contributed by atoms with Crippen molar-refractivity contribution in [3.8, 4) is 11.5 Å². The monoisotopic (exact) mass is 476 g/mol. The molecule has 1 amide bonds. The maximum atomic E-state index is 13.3. The Labute approximate surface area is 190 Å². The summed E-state index contributed by atoms with van der Waals surface area (Å²) in [6.07, 6.45) is -1.07. The number of nitrogens with one attached hydrogen (secondary N) is 2. The lowest BCUT2D eigenvalue weighted by molar-refractivity contribution is -0.122. The summed E-state index contributed by atoms with van der Waals surface area (Å²) in [6.45, 7) is 3.04. The van der Waals surface area contributed by atoms with Gasteiger partial charge in [-0.25, -0.2) is 17.2 Å². The van der Waals surface area contributed by atoms with Crippen LogP contribution in [0.1, 0.15) is 12.5 Å². The minimum absolute atomic E-state index is 0.0234. The lowest BCUT2D eigenvalue weighted by Gasteiger charge is -2.17. The Bertz CT molecular complexity index is 1280. The van der Waals surface area contributed by atoms with E-state index in [4.69, 9.17) is 9.47 Å². The van der Waals surface area contributed by atoms with Gasteiger partial charge in [-0.2, -0.15) is 0 Å². The predicted octanol–water partition coefficient (Wildman–Crippen LogP) is 4.49. The molecule has 1 unspecified atom stereocenters. The van der Waals surface area contributed by atoms with Crippen LogP contribution in [0.15, 0.2) is 65.6 Å². The largest absolute Gasteiger partial charge is 0.495 e. The molecule has 0 fully saturated rings. The van der Waals surface area contributed by atoms with Crippen LogP contribution in [0.25, 0.3) is 0 Å². The summed E-state index contributed by atoms with van der Waals surface area (Å²) in [5.41, 5.74) is 0.940. The van der Waals surface area contributed by atoms with Crippen molar-refractivity contribution in [1.82, 2.24) is 0 Å². The van der Waals surface area contributed by atoms with Gasteiger partial charge in [-0.1, -0.05) is 18.2 Å². The van der Waals surface area contributed by atoms with Crippen LogP contribution in [0.2, 0.25) is 0 Å². The van der Waals surface area contributed by atoms with Crippen LogP contribution >= 0.6 is 0 Å². The second-order valence-electron chi connectivity index (χ2n) is 7.11. The molecule has 2 N–H and O–H groups in total. The number of carbonyl (C=O) groups is 1. The van der Waals surface area contributed by atoms with Gasteiger partial charge in [-0.15, -0.1) is 0 Å². The van der Waals surface area contributed by atoms with Gasteiger partial charge in [0.25, 0.3) is 15.9 Å². The van der Waals surface area contributed by atoms with Crippen LogP contribution in [0, 0.1) is 18.6 Å². The predicted molar refractivity (Wildman–Crippen MR) is 120 cm³/mol. The number of para-hydroxylation sites is 2. The van der Waals surface area contributed by atoms with Gasteiger partial charge in [-0.05, 0) is 55.8 Å². The first-order valence-corrected chi connectivity index (χ1v) is 11.3. The molecule has 0 saturated heterocycles. The number of hydrogen-bond acceptors (Lipinski definition) is 5. The smallest absolute Gasteiger partial charge is 0.265 e. The van der Waals surface area contributed by atoms with Gasteiger partial charge in [0, 0.05) is 11.8 Å². The lowest BCUT2D eigenvalue weighted by Crippen LogP contribution is -2.30. The van der Waals surface area contributed by atoms with Crippen molar-refractivity contribution in [2.45, 2.75) is 24.8 Å². The van der Waals surface area contributed by atoms with E-state index >= 15 is 0 Å². The number of rotatable bonds is 8. The van der Waals surface area contributed by atoms with E-state index < -0.39 is 33.7 Å². The highest BCUT2D eigenvalue weighted by atomic mass is 32.2. The maximum Gasteiger partial charge on any atom is 0.265 e. The maximum absolute atomic E-state index is 13.3. The Morgan fingerprint density at radius 1 is 1.00 bits per heavy atom. The van der Waals surface area contributed by atoms with Crippen LogP contribution in [0.4, 0.5) is 20.2 Å². The first-order chi connectivity index (χ1) is 15.6. The van der Waals surface area contributed by atoms with Crippen LogP contribution < -0.4 is 19.5 Å². The minimum Gasteiger partial charge on any atom is -0.495 e. The van der Waals surface area contributed by atoms with Crippen LogP contribution in [0.3, 0.4) is 0 Å². The highest BCUT2D eigenvalue weighted by molar-refractivity contribution is 7.92. The number of amides is 1. The summed E-state index contributed by atoms with van der Waals surface area (Å²) in [4.78, 5) is 12.5. The van der Waals surface area contributed by atoms with Crippen LogP contribution in [-0.4, -0.2) is 27.5 Å². The van der Waals surface area contributed by atoms with Crippen LogP contribution in [0.5, 0.6) is 11.5 Å². The fraction of sp³-hybridized carbons (Fsp3) is 0.174. The van der Waals surface area contributed by atoms with Crippen molar-refractivity contribution in [1.29, 1.82) is 0 Å². The summed E-state index contributed by atoms with van der Waals surface area (Å²) in [5, 5.41) is 2.57. The molecule has 0 heterocycles. The third-order valence-corrected chi connectivity index (χ3v) is 6.18. The van der Waals surface area contributed by atoms with Crippen molar-refractivity contribution in [3.63, 3.8) is 0 Å². The van der Waals surface area contributed by atoms with Gasteiger partial charge in [-0.3, -0.25) is 9.52 Å². The normalized spacial score (nSPS) is 12.0. The van der Waals surface area contributed by atoms with E-state index in [1.807, 2.05) is 0 Å². The van der Waals surface area contributed by atoms with Crippen LogP contribution in [-0.2, 0) is 14.8 Å². The highest BCUT2D eigenvalue weighted by Crippen LogP contribution is 2.28. The van der Waals surface area contributed by atoms with E-state index in [9.17, 15) is 22.0 Å². The zero-order chi connectivity index (χ0) is 24.2. The SMILES string of the molecule is COc1ccccc1NS(=O)(=O)c1cc(NC(=O)C(C)Oc2ccc(F)c(F)c2)ccc1C. The molecule has 0 saturated carbocycles. The molecular formula is C23H22F2N2O5S. The number of carbonyl (C=O) groups excluding carboxylic acids is 1. The molecule has 1 atom stereocenters. The highest BCUT2D eigenvalue weighted by Gasteiger charge is 2.21. The molecule has 3 rings (SSSR count). The number of sulfonamides is 1. The molecule has 0 aliphatic carbocycles. The quantitative estimate of drug-likeness (QED) is 0.500. The summed E-state index contributed by atoms with van der Waals surface area (Å²) >= 11 is 0. The van der Waals surface area contributed by atoms with Crippen molar-refractivity contribution in [2.24, 2.45) is 0 Å². The molecule has 174 valence electrons. The van der Waals surface area contributed by atoms with Gasteiger partial charge in [0.15, 0.2) is 17.7 Å². The lowest BCUT2D eigenvalue weighted by atomic mass is 10.2. The Morgan fingerprint density at radius 3 is 2.42 bits per heavy atom. The second kappa shape index (κ2) is 9.86. The Balaban J connectivity index is 1.77. The van der Waals surface area contributed by atoms with Crippen molar-refractivity contribution in [3.05, 3.63) is 77.9 Å². The summed E-state index contributed by atoms with van der Waals surface area (Å²) in [5.74, 6) is -2.41. The molecular weight excluding hydrogens is 454 g/mol. The van der Waals surface area contributed by atoms with Gasteiger partial charge < -0.3 is 14.8 Å². The standard InChI is InChI=1S/C23H22F2N2O5S/c1-14-8-9-16(26-23(28)15(2)32-17-10-11-18(24)19(25)13-17)12-22(14)33(29,30)27-20-6-4-5-7-21(20)31-3/h4-13,15,27H,1-3H3,(H,26,28). The average molecular weight is 477 g/mol. The number of methoxy groups -OCH3 is 1. The fourth-order valence-electron chi connectivity index (χ4n) is 2.95. The van der Waals surface area contributed by atoms with Gasteiger partial charge >= 0.3 is 0 Å². The fourth-order valence-corrected chi connectivity index (χ4v) is 4.29. The Kier molecular flexibility index (Phi) is 7.17. The van der Waals surface area contributed by atoms with E-state index in [0.717, 1.165) is 12.1 Å². The van der Waals surface area contributed by atoms with Gasteiger partial charge in [0.1, 0.15) is 11.5 Å². The molecule has 7 nitrogen and oxygen atoms in total. The van der Waals surface area contributed by atoms with Crippen molar-refractivity contribution >= 4 is 27.3 Å². The van der Waals surface area contributed by atoms with E-state index in [2.05, 4.69) is 10.0 Å². The topological polar surface area (TPSA) is 93.7 Å². The summed E-state index contributed by atoms with van der Waals surface area (Å²) < 4.78 is 65.4. The zero-order valence-corrected chi connectivity index (χ0v) is 18.9. The minimum atomic E-state index is -4.00. The molecule has 33 heavy (non-hydrogen) atoms. The molecule has 3 aromatic carbocycles. The summed E-state index contributed by atoms with van der Waals surface area (Å²) in [7, 11) is -2.57. The molecule has 0 radical (unpaired) electrons. The number of hydrogen-bond donors (Lipinski definition) is 2. The van der Waals surface area contributed by atoms with Gasteiger partial charge in [0.2, 0.25) is 0 Å². The van der Waals surface area contributed by atoms with Gasteiger partial charge in [0.05, 0.1) is 17.7 Å². The first-order valence-electron chi connectivity index (χ1n) is 9.80. The number of anilines is 2. The Hall–Kier alpha value is -3.66. The van der Waals surface area contributed by atoms with E-state index in [1.165, 1.54) is 26.2 Å². The first kappa shape index (κ1) is 24.0. The van der Waals surface area contributed by atoms with E-state index in [-0.39, 0.29) is 22.0 Å². The number of aryl methyl sites for hydroxylation is 1. The third-order valence-electron chi connectivity index (χ3n) is 4.67. The molecule has 0 spiro atoms. The Morgan fingerprint density at radius 2 is 1.73 bits per heavy atom. The van der Waals surface area contributed by atoms with Crippen molar-refractivity contribution in [2.75, 3.05) is 17.1 Å². The number of halogens is 2. The average Bonchev–Trinajstić information content (AvgIpc) is 2.77. The second-order valence-corrected chi connectivity index (χ2v) is 8.76. The summed E-state index contributed by atoms with van der Waals surface area (Å²) in [6, 6.07) is 13.9. The van der Waals surface area contributed by atoms with E-state index in [1.54, 1.807) is 43.3 Å². The molecule has 0 aromatic heterocycles. The van der Waals surface area contributed by atoms with Crippen molar-refractivity contribution < 1.29 is 31.5 Å². The third kappa shape index (κ3) is 5.78.